The highest BCUT2D eigenvalue weighted by Crippen LogP contribution is 2.01. The van der Waals surface area contributed by atoms with Crippen molar-refractivity contribution in [2.75, 3.05) is 7.05 Å². The first-order chi connectivity index (χ1) is 10.7. The van der Waals surface area contributed by atoms with Crippen molar-refractivity contribution >= 4 is 29.8 Å². The molecule has 0 aromatic carbocycles. The van der Waals surface area contributed by atoms with Gasteiger partial charge in [-0.3, -0.25) is 9.59 Å². The fourth-order valence-corrected chi connectivity index (χ4v) is 1.54. The lowest BCUT2D eigenvalue weighted by Crippen LogP contribution is -2.51. The van der Waals surface area contributed by atoms with Crippen LogP contribution in [0.4, 0.5) is 4.79 Å². The van der Waals surface area contributed by atoms with Crippen LogP contribution in [0.2, 0.25) is 0 Å². The number of carboxylic acids is 3. The molecule has 0 rings (SSSR count). The summed E-state index contributed by atoms with van der Waals surface area (Å²) in [4.78, 5) is 55.0. The molecule has 0 aromatic rings. The number of aliphatic carboxylic acids is 3. The highest BCUT2D eigenvalue weighted by molar-refractivity contribution is 5.86. The molecule has 1 unspecified atom stereocenters. The van der Waals surface area contributed by atoms with Gasteiger partial charge in [0.05, 0.1) is 0 Å². The number of hydrogen-bond acceptors (Lipinski definition) is 5. The Morgan fingerprint density at radius 2 is 1.26 bits per heavy atom. The third-order valence-electron chi connectivity index (χ3n) is 2.79. The van der Waals surface area contributed by atoms with Gasteiger partial charge in [0.2, 0.25) is 5.91 Å². The van der Waals surface area contributed by atoms with E-state index in [0.717, 1.165) is 0 Å². The van der Waals surface area contributed by atoms with Crippen molar-refractivity contribution in [1.29, 1.82) is 0 Å². The van der Waals surface area contributed by atoms with Crippen molar-refractivity contribution in [2.45, 2.75) is 37.8 Å². The first-order valence-electron chi connectivity index (χ1n) is 6.62. The van der Waals surface area contributed by atoms with Crippen LogP contribution in [0.15, 0.2) is 0 Å². The number of rotatable bonds is 10. The molecule has 0 heterocycles. The number of carbonyl (C=O) groups is 5. The van der Waals surface area contributed by atoms with E-state index in [1.807, 2.05) is 10.6 Å². The van der Waals surface area contributed by atoms with E-state index in [0.29, 0.717) is 0 Å². The van der Waals surface area contributed by atoms with Gasteiger partial charge in [0.1, 0.15) is 12.1 Å². The fourth-order valence-electron chi connectivity index (χ4n) is 1.54. The van der Waals surface area contributed by atoms with Crippen LogP contribution >= 0.6 is 0 Å². The molecule has 11 nitrogen and oxygen atoms in total. The molecule has 0 aromatic heterocycles. The standard InChI is InChI=1S/C12H19N3O8/c1-13-8(16)4-2-6(10(19)20)14-12(23)15-7(11(21)22)3-5-9(17)18/h6-7H,2-5H2,1H3,(H,13,16)(H,17,18)(H,19,20)(H,21,22)(H2,14,15,23)/t6-,7?/m0/s1. The molecule has 0 aliphatic heterocycles. The number of urea groups is 1. The van der Waals surface area contributed by atoms with Crippen molar-refractivity contribution in [1.82, 2.24) is 16.0 Å². The van der Waals surface area contributed by atoms with Crippen LogP contribution in [0.25, 0.3) is 0 Å². The molecule has 0 spiro atoms. The number of nitrogens with one attached hydrogen (secondary N) is 3. The average Bonchev–Trinajstić information content (AvgIpc) is 2.46. The number of carbonyl (C=O) groups excluding carboxylic acids is 2. The molecular formula is C12H19N3O8. The third-order valence-corrected chi connectivity index (χ3v) is 2.79. The van der Waals surface area contributed by atoms with Gasteiger partial charge in [-0.25, -0.2) is 14.4 Å². The van der Waals surface area contributed by atoms with Crippen LogP contribution < -0.4 is 16.0 Å². The zero-order valence-corrected chi connectivity index (χ0v) is 12.4. The minimum Gasteiger partial charge on any atom is -0.481 e. The fraction of sp³-hybridized carbons (Fsp3) is 0.583. The van der Waals surface area contributed by atoms with Gasteiger partial charge in [-0.1, -0.05) is 0 Å². The predicted octanol–water partition coefficient (Wildman–Crippen LogP) is -1.42. The van der Waals surface area contributed by atoms with E-state index in [9.17, 15) is 24.0 Å². The summed E-state index contributed by atoms with van der Waals surface area (Å²) in [6, 6.07) is -3.94. The van der Waals surface area contributed by atoms with Crippen molar-refractivity contribution in [3.05, 3.63) is 0 Å². The lowest BCUT2D eigenvalue weighted by molar-refractivity contribution is -0.141. The van der Waals surface area contributed by atoms with E-state index >= 15 is 0 Å². The summed E-state index contributed by atoms with van der Waals surface area (Å²) in [5, 5.41) is 32.6. The average molecular weight is 333 g/mol. The lowest BCUT2D eigenvalue weighted by atomic mass is 10.1. The molecule has 6 N–H and O–H groups in total. The van der Waals surface area contributed by atoms with Crippen LogP contribution in [0.3, 0.4) is 0 Å². The van der Waals surface area contributed by atoms with Crippen LogP contribution in [-0.2, 0) is 19.2 Å². The van der Waals surface area contributed by atoms with Crippen LogP contribution in [-0.4, -0.2) is 64.3 Å². The van der Waals surface area contributed by atoms with Crippen LogP contribution in [0.5, 0.6) is 0 Å². The molecule has 2 atom stereocenters. The molecule has 23 heavy (non-hydrogen) atoms. The lowest BCUT2D eigenvalue weighted by Gasteiger charge is -2.18. The molecule has 0 bridgehead atoms. The van der Waals surface area contributed by atoms with Gasteiger partial charge in [0.15, 0.2) is 0 Å². The quantitative estimate of drug-likeness (QED) is 0.281. The van der Waals surface area contributed by atoms with Crippen LogP contribution in [0, 0.1) is 0 Å². The van der Waals surface area contributed by atoms with Crippen molar-refractivity contribution in [3.63, 3.8) is 0 Å². The van der Waals surface area contributed by atoms with E-state index < -0.39 is 48.4 Å². The smallest absolute Gasteiger partial charge is 0.326 e. The monoisotopic (exact) mass is 333 g/mol. The summed E-state index contributed by atoms with van der Waals surface area (Å²) in [5.41, 5.74) is 0. The Morgan fingerprint density at radius 1 is 0.826 bits per heavy atom. The zero-order valence-electron chi connectivity index (χ0n) is 12.4. The molecule has 130 valence electrons. The summed E-state index contributed by atoms with van der Waals surface area (Å²) in [7, 11) is 1.37. The number of carboxylic acid groups (broad SMARTS) is 3. The van der Waals surface area contributed by atoms with E-state index in [-0.39, 0.29) is 19.3 Å². The summed E-state index contributed by atoms with van der Waals surface area (Å²) < 4.78 is 0. The summed E-state index contributed by atoms with van der Waals surface area (Å²) in [6.45, 7) is 0. The Balaban J connectivity index is 4.59. The Kier molecular flexibility index (Phi) is 8.74. The van der Waals surface area contributed by atoms with Gasteiger partial charge in [0.25, 0.3) is 0 Å². The summed E-state index contributed by atoms with van der Waals surface area (Å²) in [6.07, 6.45) is -1.16. The summed E-state index contributed by atoms with van der Waals surface area (Å²) in [5.74, 6) is -4.48. The molecule has 3 amide bonds. The third kappa shape index (κ3) is 8.90. The SMILES string of the molecule is CNC(=O)CC[C@H](NC(=O)NC(CCC(=O)O)C(=O)O)C(=O)O. The second kappa shape index (κ2) is 9.97. The number of amides is 3. The van der Waals surface area contributed by atoms with E-state index in [2.05, 4.69) is 5.32 Å². The molecular weight excluding hydrogens is 314 g/mol. The predicted molar refractivity (Wildman–Crippen MR) is 74.7 cm³/mol. The molecule has 0 aliphatic rings. The summed E-state index contributed by atoms with van der Waals surface area (Å²) >= 11 is 0. The Hall–Kier alpha value is -2.85. The van der Waals surface area contributed by atoms with Gasteiger partial charge in [-0.2, -0.15) is 0 Å². The minimum atomic E-state index is -1.47. The molecule has 0 saturated heterocycles. The first-order valence-corrected chi connectivity index (χ1v) is 6.62. The maximum atomic E-state index is 11.6. The van der Waals surface area contributed by atoms with E-state index in [4.69, 9.17) is 15.3 Å². The van der Waals surface area contributed by atoms with E-state index in [1.54, 1.807) is 0 Å². The van der Waals surface area contributed by atoms with Crippen molar-refractivity contribution < 1.29 is 39.3 Å². The van der Waals surface area contributed by atoms with E-state index in [1.165, 1.54) is 7.05 Å². The largest absolute Gasteiger partial charge is 0.481 e. The highest BCUT2D eigenvalue weighted by atomic mass is 16.4. The van der Waals surface area contributed by atoms with Crippen LogP contribution in [0.1, 0.15) is 25.7 Å². The van der Waals surface area contributed by atoms with Gasteiger partial charge >= 0.3 is 23.9 Å². The Morgan fingerprint density at radius 3 is 1.61 bits per heavy atom. The van der Waals surface area contributed by atoms with Crippen molar-refractivity contribution in [2.24, 2.45) is 0 Å². The maximum absolute atomic E-state index is 11.6. The number of hydrogen-bond donors (Lipinski definition) is 6. The molecule has 0 aliphatic carbocycles. The van der Waals surface area contributed by atoms with Crippen molar-refractivity contribution in [3.8, 4) is 0 Å². The molecule has 0 fully saturated rings. The van der Waals surface area contributed by atoms with Gasteiger partial charge < -0.3 is 31.3 Å². The maximum Gasteiger partial charge on any atom is 0.326 e. The normalized spacial score (nSPS) is 12.6. The van der Waals surface area contributed by atoms with Gasteiger partial charge in [-0.15, -0.1) is 0 Å². The Labute approximate surface area is 131 Å². The minimum absolute atomic E-state index is 0.144. The Bertz CT molecular complexity index is 479. The highest BCUT2D eigenvalue weighted by Gasteiger charge is 2.25. The molecule has 11 heteroatoms. The van der Waals surface area contributed by atoms with Gasteiger partial charge in [0, 0.05) is 19.9 Å². The topological polar surface area (TPSA) is 182 Å². The second-order valence-electron chi connectivity index (χ2n) is 4.54. The second-order valence-corrected chi connectivity index (χ2v) is 4.54. The molecule has 0 radical (unpaired) electrons. The zero-order chi connectivity index (χ0) is 18.0. The van der Waals surface area contributed by atoms with Gasteiger partial charge in [-0.05, 0) is 12.8 Å². The molecule has 0 saturated carbocycles. The first kappa shape index (κ1) is 20.1.